The third kappa shape index (κ3) is 2.10. The van der Waals surface area contributed by atoms with E-state index in [4.69, 9.17) is 0 Å². The van der Waals surface area contributed by atoms with Gasteiger partial charge in [0.2, 0.25) is 0 Å². The minimum atomic E-state index is -0.468. The molecule has 0 bridgehead atoms. The molecule has 2 rings (SSSR count). The molecule has 0 radical (unpaired) electrons. The van der Waals surface area contributed by atoms with Crippen LogP contribution in [-0.4, -0.2) is 15.1 Å². The molecule has 0 aromatic carbocycles. The third-order valence-corrected chi connectivity index (χ3v) is 2.69. The number of nitrogens with zero attached hydrogens (tertiary/aromatic N) is 2. The summed E-state index contributed by atoms with van der Waals surface area (Å²) in [6.45, 7) is 3.67. The van der Waals surface area contributed by atoms with E-state index < -0.39 is 6.10 Å². The molecule has 0 spiro atoms. The van der Waals surface area contributed by atoms with Crippen LogP contribution in [0.5, 0.6) is 0 Å². The van der Waals surface area contributed by atoms with Crippen molar-refractivity contribution in [2.75, 3.05) is 0 Å². The Morgan fingerprint density at radius 1 is 1.57 bits per heavy atom. The van der Waals surface area contributed by atoms with Crippen molar-refractivity contribution in [3.8, 4) is 0 Å². The molecular formula is C11H16N2O. The van der Waals surface area contributed by atoms with E-state index in [1.807, 2.05) is 6.92 Å². The number of aliphatic hydroxyl groups excluding tert-OH is 1. The summed E-state index contributed by atoms with van der Waals surface area (Å²) in [6, 6.07) is 0. The van der Waals surface area contributed by atoms with E-state index in [0.717, 1.165) is 29.4 Å². The van der Waals surface area contributed by atoms with Crippen molar-refractivity contribution in [2.24, 2.45) is 5.92 Å². The van der Waals surface area contributed by atoms with Gasteiger partial charge in [-0.2, -0.15) is 0 Å². The van der Waals surface area contributed by atoms with Crippen LogP contribution in [0.25, 0.3) is 0 Å². The molecule has 1 fully saturated rings. The smallest absolute Gasteiger partial charge is 0.128 e. The largest absolute Gasteiger partial charge is 0.389 e. The van der Waals surface area contributed by atoms with Gasteiger partial charge in [0, 0.05) is 23.9 Å². The molecule has 1 aromatic rings. The lowest BCUT2D eigenvalue weighted by atomic mass is 10.1. The molecule has 0 aliphatic heterocycles. The molecule has 76 valence electrons. The molecular weight excluding hydrogens is 176 g/mol. The molecule has 1 aromatic heterocycles. The monoisotopic (exact) mass is 192 g/mol. The van der Waals surface area contributed by atoms with Gasteiger partial charge in [-0.3, -0.25) is 0 Å². The molecule has 1 aliphatic rings. The van der Waals surface area contributed by atoms with Gasteiger partial charge in [0.1, 0.15) is 5.82 Å². The highest BCUT2D eigenvalue weighted by Crippen LogP contribution is 2.31. The first-order chi connectivity index (χ1) is 6.66. The van der Waals surface area contributed by atoms with E-state index in [2.05, 4.69) is 9.97 Å². The summed E-state index contributed by atoms with van der Waals surface area (Å²) in [5.74, 6) is 1.74. The zero-order valence-electron chi connectivity index (χ0n) is 8.70. The van der Waals surface area contributed by atoms with Gasteiger partial charge in [0.15, 0.2) is 0 Å². The topological polar surface area (TPSA) is 46.0 Å². The Kier molecular flexibility index (Phi) is 2.50. The van der Waals surface area contributed by atoms with Crippen molar-refractivity contribution in [3.05, 3.63) is 23.3 Å². The van der Waals surface area contributed by atoms with E-state index in [1.165, 1.54) is 12.8 Å². The van der Waals surface area contributed by atoms with E-state index in [1.54, 1.807) is 13.1 Å². The summed E-state index contributed by atoms with van der Waals surface area (Å²) in [4.78, 5) is 8.67. The van der Waals surface area contributed by atoms with Gasteiger partial charge in [-0.25, -0.2) is 9.97 Å². The van der Waals surface area contributed by atoms with Crippen molar-refractivity contribution in [1.82, 2.24) is 9.97 Å². The van der Waals surface area contributed by atoms with Gasteiger partial charge in [-0.05, 0) is 32.6 Å². The summed E-state index contributed by atoms with van der Waals surface area (Å²) in [5, 5.41) is 9.41. The first-order valence-corrected chi connectivity index (χ1v) is 5.17. The molecule has 3 heteroatoms. The van der Waals surface area contributed by atoms with Gasteiger partial charge < -0.3 is 5.11 Å². The van der Waals surface area contributed by atoms with Gasteiger partial charge >= 0.3 is 0 Å². The van der Waals surface area contributed by atoms with Crippen molar-refractivity contribution in [1.29, 1.82) is 0 Å². The Balaban J connectivity index is 2.16. The number of aliphatic hydroxyl groups is 1. The van der Waals surface area contributed by atoms with Gasteiger partial charge in [-0.15, -0.1) is 0 Å². The van der Waals surface area contributed by atoms with E-state index >= 15 is 0 Å². The second kappa shape index (κ2) is 3.65. The fourth-order valence-corrected chi connectivity index (χ4v) is 1.61. The number of aromatic nitrogens is 2. The lowest BCUT2D eigenvalue weighted by molar-refractivity contribution is 0.197. The zero-order chi connectivity index (χ0) is 10.1. The van der Waals surface area contributed by atoms with Crippen molar-refractivity contribution < 1.29 is 5.11 Å². The third-order valence-electron chi connectivity index (χ3n) is 2.69. The lowest BCUT2D eigenvalue weighted by Crippen LogP contribution is -2.04. The summed E-state index contributed by atoms with van der Waals surface area (Å²) < 4.78 is 0. The first kappa shape index (κ1) is 9.59. The van der Waals surface area contributed by atoms with Crippen LogP contribution in [0.1, 0.15) is 43.0 Å². The summed E-state index contributed by atoms with van der Waals surface area (Å²) in [5.41, 5.74) is 1.75. The molecule has 1 saturated carbocycles. The number of aryl methyl sites for hydroxylation is 1. The molecule has 1 atom stereocenters. The second-order valence-corrected chi connectivity index (χ2v) is 4.15. The minimum absolute atomic E-state index is 0.468. The Morgan fingerprint density at radius 2 is 2.29 bits per heavy atom. The van der Waals surface area contributed by atoms with E-state index in [0.29, 0.717) is 0 Å². The minimum Gasteiger partial charge on any atom is -0.389 e. The van der Waals surface area contributed by atoms with Crippen LogP contribution in [0.15, 0.2) is 6.20 Å². The van der Waals surface area contributed by atoms with E-state index in [-0.39, 0.29) is 0 Å². The Hall–Kier alpha value is -0.960. The van der Waals surface area contributed by atoms with Crippen LogP contribution in [0.2, 0.25) is 0 Å². The zero-order valence-corrected chi connectivity index (χ0v) is 8.70. The summed E-state index contributed by atoms with van der Waals surface area (Å²) in [6.07, 6.45) is 4.93. The Morgan fingerprint density at radius 3 is 2.79 bits per heavy atom. The van der Waals surface area contributed by atoms with Crippen LogP contribution in [-0.2, 0) is 6.42 Å². The quantitative estimate of drug-likeness (QED) is 0.794. The maximum absolute atomic E-state index is 9.41. The molecule has 1 heterocycles. The standard InChI is InChI=1S/C11H16N2O/c1-7-10(8(2)14)6-12-11(13-7)5-9-3-4-9/h6,8-9,14H,3-5H2,1-2H3. The highest BCUT2D eigenvalue weighted by molar-refractivity contribution is 5.18. The normalized spacial score (nSPS) is 18.2. The maximum atomic E-state index is 9.41. The fourth-order valence-electron chi connectivity index (χ4n) is 1.61. The van der Waals surface area contributed by atoms with E-state index in [9.17, 15) is 5.11 Å². The molecule has 0 amide bonds. The summed E-state index contributed by atoms with van der Waals surface area (Å²) in [7, 11) is 0. The van der Waals surface area contributed by atoms with Gasteiger partial charge in [-0.1, -0.05) is 0 Å². The molecule has 14 heavy (non-hydrogen) atoms. The Labute approximate surface area is 84.2 Å². The Bertz CT molecular complexity index is 332. The van der Waals surface area contributed by atoms with Gasteiger partial charge in [0.05, 0.1) is 6.10 Å². The van der Waals surface area contributed by atoms with Gasteiger partial charge in [0.25, 0.3) is 0 Å². The number of hydrogen-bond acceptors (Lipinski definition) is 3. The molecule has 3 nitrogen and oxygen atoms in total. The lowest BCUT2D eigenvalue weighted by Gasteiger charge is -2.08. The average molecular weight is 192 g/mol. The first-order valence-electron chi connectivity index (χ1n) is 5.17. The molecule has 1 aliphatic carbocycles. The SMILES string of the molecule is Cc1nc(CC2CC2)ncc1C(C)O. The fraction of sp³-hybridized carbons (Fsp3) is 0.636. The second-order valence-electron chi connectivity index (χ2n) is 4.15. The number of rotatable bonds is 3. The average Bonchev–Trinajstić information content (AvgIpc) is 2.87. The van der Waals surface area contributed by atoms with Crippen LogP contribution < -0.4 is 0 Å². The van der Waals surface area contributed by atoms with Crippen molar-refractivity contribution in [2.45, 2.75) is 39.2 Å². The van der Waals surface area contributed by atoms with Crippen LogP contribution in [0.3, 0.4) is 0 Å². The van der Waals surface area contributed by atoms with Crippen LogP contribution >= 0.6 is 0 Å². The molecule has 0 saturated heterocycles. The highest BCUT2D eigenvalue weighted by Gasteiger charge is 2.23. The maximum Gasteiger partial charge on any atom is 0.128 e. The number of hydrogen-bond donors (Lipinski definition) is 1. The molecule has 1 unspecified atom stereocenters. The predicted molar refractivity (Wildman–Crippen MR) is 53.8 cm³/mol. The van der Waals surface area contributed by atoms with Crippen molar-refractivity contribution in [3.63, 3.8) is 0 Å². The summed E-state index contributed by atoms with van der Waals surface area (Å²) >= 11 is 0. The molecule has 1 N–H and O–H groups in total. The highest BCUT2D eigenvalue weighted by atomic mass is 16.3. The van der Waals surface area contributed by atoms with Crippen LogP contribution in [0, 0.1) is 12.8 Å². The van der Waals surface area contributed by atoms with Crippen LogP contribution in [0.4, 0.5) is 0 Å². The predicted octanol–water partition coefficient (Wildman–Crippen LogP) is 1.79. The van der Waals surface area contributed by atoms with Crippen molar-refractivity contribution >= 4 is 0 Å².